The molecule has 0 amide bonds. The van der Waals surface area contributed by atoms with Crippen LogP contribution in [0.2, 0.25) is 0 Å². The highest BCUT2D eigenvalue weighted by Gasteiger charge is 2.10. The second-order valence-corrected chi connectivity index (χ2v) is 3.97. The van der Waals surface area contributed by atoms with Crippen LogP contribution in [0.15, 0.2) is 24.4 Å². The van der Waals surface area contributed by atoms with E-state index in [0.717, 1.165) is 29.3 Å². The molecule has 0 unspecified atom stereocenters. The highest BCUT2D eigenvalue weighted by molar-refractivity contribution is 5.89. The lowest BCUT2D eigenvalue weighted by molar-refractivity contribution is -0.136. The zero-order valence-corrected chi connectivity index (χ0v) is 9.29. The molecule has 0 fully saturated rings. The fourth-order valence-corrected chi connectivity index (χ4v) is 2.12. The Bertz CT molecular complexity index is 514. The second kappa shape index (κ2) is 4.39. The van der Waals surface area contributed by atoms with Crippen LogP contribution in [0.4, 0.5) is 0 Å². The topological polar surface area (TPSA) is 53.1 Å². The van der Waals surface area contributed by atoms with Crippen molar-refractivity contribution in [2.75, 3.05) is 0 Å². The Morgan fingerprint density at radius 2 is 2.19 bits per heavy atom. The van der Waals surface area contributed by atoms with Crippen molar-refractivity contribution in [2.45, 2.75) is 26.2 Å². The Morgan fingerprint density at radius 1 is 1.38 bits per heavy atom. The molecule has 2 aromatic rings. The van der Waals surface area contributed by atoms with E-state index in [1.807, 2.05) is 12.1 Å². The fraction of sp³-hybridized carbons (Fsp3) is 0.308. The predicted molar refractivity (Wildman–Crippen MR) is 63.6 cm³/mol. The molecule has 2 N–H and O–H groups in total. The van der Waals surface area contributed by atoms with Gasteiger partial charge >= 0.3 is 5.97 Å². The molecule has 3 nitrogen and oxygen atoms in total. The van der Waals surface area contributed by atoms with Gasteiger partial charge in [0.25, 0.3) is 0 Å². The molecule has 0 aliphatic heterocycles. The van der Waals surface area contributed by atoms with E-state index in [0.29, 0.717) is 0 Å². The molecule has 0 aliphatic rings. The number of carboxylic acid groups (broad SMARTS) is 1. The van der Waals surface area contributed by atoms with Crippen LogP contribution in [0.5, 0.6) is 0 Å². The molecule has 0 bridgehead atoms. The van der Waals surface area contributed by atoms with Gasteiger partial charge in [-0.25, -0.2) is 0 Å². The maximum absolute atomic E-state index is 10.8. The van der Waals surface area contributed by atoms with Crippen LogP contribution in [0.3, 0.4) is 0 Å². The number of hydrogen-bond acceptors (Lipinski definition) is 1. The lowest BCUT2D eigenvalue weighted by Crippen LogP contribution is -1.99. The minimum atomic E-state index is -0.785. The summed E-state index contributed by atoms with van der Waals surface area (Å²) < 4.78 is 0. The predicted octanol–water partition coefficient (Wildman–Crippen LogP) is 2.75. The van der Waals surface area contributed by atoms with Gasteiger partial charge in [0.05, 0.1) is 6.42 Å². The van der Waals surface area contributed by atoms with Gasteiger partial charge in [0, 0.05) is 17.1 Å². The van der Waals surface area contributed by atoms with Crippen LogP contribution in [0.1, 0.15) is 24.5 Å². The van der Waals surface area contributed by atoms with E-state index < -0.39 is 5.97 Å². The number of hydrogen-bond donors (Lipinski definition) is 2. The highest BCUT2D eigenvalue weighted by atomic mass is 16.4. The number of H-pyrrole nitrogens is 1. The van der Waals surface area contributed by atoms with Gasteiger partial charge in [-0.2, -0.15) is 0 Å². The molecule has 84 valence electrons. The number of benzene rings is 1. The van der Waals surface area contributed by atoms with Crippen LogP contribution in [0, 0.1) is 0 Å². The number of aromatic amines is 1. The molecule has 0 saturated carbocycles. The Kier molecular flexibility index (Phi) is 2.95. The molecule has 2 rings (SSSR count). The summed E-state index contributed by atoms with van der Waals surface area (Å²) in [5.41, 5.74) is 3.14. The lowest BCUT2D eigenvalue weighted by atomic mass is 10.0. The fourth-order valence-electron chi connectivity index (χ4n) is 2.12. The number of fused-ring (bicyclic) bond motifs is 1. The van der Waals surface area contributed by atoms with Crippen LogP contribution < -0.4 is 0 Å². The van der Waals surface area contributed by atoms with Crippen LogP contribution >= 0.6 is 0 Å². The molecule has 1 aromatic carbocycles. The van der Waals surface area contributed by atoms with Gasteiger partial charge in [0.2, 0.25) is 0 Å². The summed E-state index contributed by atoms with van der Waals surface area (Å²) in [6.45, 7) is 2.13. The third kappa shape index (κ3) is 1.94. The van der Waals surface area contributed by atoms with Crippen molar-refractivity contribution in [3.63, 3.8) is 0 Å². The van der Waals surface area contributed by atoms with Gasteiger partial charge in [-0.15, -0.1) is 0 Å². The van der Waals surface area contributed by atoms with Crippen molar-refractivity contribution >= 4 is 16.9 Å². The van der Waals surface area contributed by atoms with Gasteiger partial charge in [0.15, 0.2) is 0 Å². The number of aliphatic carboxylic acids is 1. The summed E-state index contributed by atoms with van der Waals surface area (Å²) >= 11 is 0. The van der Waals surface area contributed by atoms with E-state index in [-0.39, 0.29) is 6.42 Å². The van der Waals surface area contributed by atoms with Crippen molar-refractivity contribution in [1.29, 1.82) is 0 Å². The zero-order chi connectivity index (χ0) is 11.5. The van der Waals surface area contributed by atoms with Gasteiger partial charge in [0.1, 0.15) is 0 Å². The SMILES string of the molecule is CCCc1cccc2[nH]cc(CC(=O)O)c12. The van der Waals surface area contributed by atoms with Crippen molar-refractivity contribution in [3.05, 3.63) is 35.5 Å². The van der Waals surface area contributed by atoms with Crippen molar-refractivity contribution in [1.82, 2.24) is 4.98 Å². The number of aryl methyl sites for hydroxylation is 1. The van der Waals surface area contributed by atoms with Gasteiger partial charge in [-0.05, 0) is 23.6 Å². The number of aromatic nitrogens is 1. The highest BCUT2D eigenvalue weighted by Crippen LogP contribution is 2.24. The minimum Gasteiger partial charge on any atom is -0.481 e. The van der Waals surface area contributed by atoms with E-state index in [2.05, 4.69) is 18.0 Å². The third-order valence-corrected chi connectivity index (χ3v) is 2.73. The normalized spacial score (nSPS) is 10.8. The first-order valence-corrected chi connectivity index (χ1v) is 5.52. The maximum atomic E-state index is 10.8. The first kappa shape index (κ1) is 10.7. The first-order valence-electron chi connectivity index (χ1n) is 5.52. The van der Waals surface area contributed by atoms with E-state index in [1.54, 1.807) is 6.20 Å². The molecule has 0 atom stereocenters. The standard InChI is InChI=1S/C13H15NO2/c1-2-4-9-5-3-6-11-13(9)10(8-14-11)7-12(15)16/h3,5-6,8,14H,2,4,7H2,1H3,(H,15,16). The number of carbonyl (C=O) groups is 1. The Labute approximate surface area is 94.1 Å². The molecule has 1 aromatic heterocycles. The van der Waals surface area contributed by atoms with Crippen LogP contribution in [0.25, 0.3) is 10.9 Å². The smallest absolute Gasteiger partial charge is 0.307 e. The number of nitrogens with one attached hydrogen (secondary N) is 1. The summed E-state index contributed by atoms with van der Waals surface area (Å²) in [7, 11) is 0. The minimum absolute atomic E-state index is 0.0841. The molecule has 16 heavy (non-hydrogen) atoms. The summed E-state index contributed by atoms with van der Waals surface area (Å²) in [6.07, 6.45) is 3.94. The Morgan fingerprint density at radius 3 is 2.88 bits per heavy atom. The molecule has 1 heterocycles. The maximum Gasteiger partial charge on any atom is 0.307 e. The van der Waals surface area contributed by atoms with E-state index >= 15 is 0 Å². The molecule has 0 saturated heterocycles. The van der Waals surface area contributed by atoms with Crippen LogP contribution in [-0.2, 0) is 17.6 Å². The summed E-state index contributed by atoms with van der Waals surface area (Å²) in [5, 5.41) is 9.94. The van der Waals surface area contributed by atoms with Gasteiger partial charge in [-0.3, -0.25) is 4.79 Å². The van der Waals surface area contributed by atoms with Crippen molar-refractivity contribution in [2.24, 2.45) is 0 Å². The van der Waals surface area contributed by atoms with Crippen LogP contribution in [-0.4, -0.2) is 16.1 Å². The molecule has 3 heteroatoms. The van der Waals surface area contributed by atoms with E-state index in [9.17, 15) is 4.79 Å². The van der Waals surface area contributed by atoms with Gasteiger partial charge < -0.3 is 10.1 Å². The van der Waals surface area contributed by atoms with Crippen molar-refractivity contribution in [3.8, 4) is 0 Å². The average Bonchev–Trinajstić information content (AvgIpc) is 2.62. The lowest BCUT2D eigenvalue weighted by Gasteiger charge is -2.03. The summed E-state index contributed by atoms with van der Waals surface area (Å²) in [4.78, 5) is 13.9. The molecule has 0 radical (unpaired) electrons. The summed E-state index contributed by atoms with van der Waals surface area (Å²) in [5.74, 6) is -0.785. The largest absolute Gasteiger partial charge is 0.481 e. The second-order valence-electron chi connectivity index (χ2n) is 3.97. The summed E-state index contributed by atoms with van der Waals surface area (Å²) in [6, 6.07) is 6.07. The average molecular weight is 217 g/mol. The number of rotatable bonds is 4. The van der Waals surface area contributed by atoms with Crippen molar-refractivity contribution < 1.29 is 9.90 Å². The third-order valence-electron chi connectivity index (χ3n) is 2.73. The molecular formula is C13H15NO2. The number of carboxylic acids is 1. The molecular weight excluding hydrogens is 202 g/mol. The van der Waals surface area contributed by atoms with Gasteiger partial charge in [-0.1, -0.05) is 25.5 Å². The molecule has 0 aliphatic carbocycles. The Balaban J connectivity index is 2.53. The monoisotopic (exact) mass is 217 g/mol. The first-order chi connectivity index (χ1) is 7.72. The zero-order valence-electron chi connectivity index (χ0n) is 9.29. The van der Waals surface area contributed by atoms with E-state index in [4.69, 9.17) is 5.11 Å². The molecule has 0 spiro atoms. The quantitative estimate of drug-likeness (QED) is 0.827. The Hall–Kier alpha value is -1.77. The van der Waals surface area contributed by atoms with E-state index in [1.165, 1.54) is 5.56 Å².